The van der Waals surface area contributed by atoms with E-state index in [1.165, 1.54) is 10.4 Å². The summed E-state index contributed by atoms with van der Waals surface area (Å²) >= 11 is 1.85. The van der Waals surface area contributed by atoms with Crippen LogP contribution in [0.5, 0.6) is 5.75 Å². The van der Waals surface area contributed by atoms with Crippen molar-refractivity contribution in [2.24, 2.45) is 0 Å². The average Bonchev–Trinajstić information content (AvgIpc) is 2.98. The predicted molar refractivity (Wildman–Crippen MR) is 86.8 cm³/mol. The Labute approximate surface area is 125 Å². The van der Waals surface area contributed by atoms with Crippen molar-refractivity contribution in [1.29, 1.82) is 0 Å². The Hall–Kier alpha value is -1.32. The number of ether oxygens (including phenoxy) is 1. The summed E-state index contributed by atoms with van der Waals surface area (Å²) in [5, 5.41) is 5.75. The molecule has 1 N–H and O–H groups in total. The van der Waals surface area contributed by atoms with E-state index in [4.69, 9.17) is 4.74 Å². The lowest BCUT2D eigenvalue weighted by Gasteiger charge is -2.17. The first-order valence-electron chi connectivity index (χ1n) is 7.20. The van der Waals surface area contributed by atoms with Gasteiger partial charge in [0.25, 0.3) is 0 Å². The predicted octanol–water partition coefficient (Wildman–Crippen LogP) is 3.91. The molecule has 0 spiro atoms. The second-order valence-corrected chi connectivity index (χ2v) is 5.96. The molecule has 1 aromatic heterocycles. The number of hydrogen-bond donors (Lipinski definition) is 1. The van der Waals surface area contributed by atoms with Gasteiger partial charge in [0.2, 0.25) is 0 Å². The van der Waals surface area contributed by atoms with Gasteiger partial charge in [0.05, 0.1) is 7.11 Å². The van der Waals surface area contributed by atoms with Gasteiger partial charge in [-0.1, -0.05) is 25.1 Å². The van der Waals surface area contributed by atoms with E-state index in [1.54, 1.807) is 7.11 Å². The van der Waals surface area contributed by atoms with Crippen LogP contribution in [0.25, 0.3) is 0 Å². The number of hydrogen-bond acceptors (Lipinski definition) is 3. The zero-order valence-electron chi connectivity index (χ0n) is 12.3. The van der Waals surface area contributed by atoms with E-state index in [0.29, 0.717) is 6.04 Å². The first-order valence-corrected chi connectivity index (χ1v) is 8.08. The van der Waals surface area contributed by atoms with Crippen molar-refractivity contribution in [2.45, 2.75) is 32.2 Å². The van der Waals surface area contributed by atoms with E-state index in [9.17, 15) is 0 Å². The highest BCUT2D eigenvalue weighted by atomic mass is 32.1. The summed E-state index contributed by atoms with van der Waals surface area (Å²) in [5.41, 5.74) is 1.37. The molecule has 0 saturated heterocycles. The number of benzene rings is 1. The van der Waals surface area contributed by atoms with Gasteiger partial charge in [-0.2, -0.15) is 0 Å². The third kappa shape index (κ3) is 4.66. The van der Waals surface area contributed by atoms with Crippen LogP contribution in [0.1, 0.15) is 23.8 Å². The van der Waals surface area contributed by atoms with E-state index >= 15 is 0 Å². The average molecular weight is 289 g/mol. The third-order valence-corrected chi connectivity index (χ3v) is 4.36. The van der Waals surface area contributed by atoms with Crippen molar-refractivity contribution in [3.63, 3.8) is 0 Å². The molecule has 2 nitrogen and oxygen atoms in total. The highest BCUT2D eigenvalue weighted by Crippen LogP contribution is 2.16. The minimum absolute atomic E-state index is 0.556. The van der Waals surface area contributed by atoms with E-state index in [1.807, 2.05) is 23.5 Å². The van der Waals surface area contributed by atoms with Gasteiger partial charge in [-0.3, -0.25) is 0 Å². The van der Waals surface area contributed by atoms with Crippen LogP contribution in [0.15, 0.2) is 41.8 Å². The zero-order chi connectivity index (χ0) is 14.2. The van der Waals surface area contributed by atoms with Gasteiger partial charge in [0, 0.05) is 10.9 Å². The maximum atomic E-state index is 5.19. The van der Waals surface area contributed by atoms with Crippen molar-refractivity contribution in [3.8, 4) is 5.75 Å². The monoisotopic (exact) mass is 289 g/mol. The number of nitrogens with one attached hydrogen (secondary N) is 1. The van der Waals surface area contributed by atoms with Crippen LogP contribution in [-0.4, -0.2) is 19.7 Å². The molecule has 0 aliphatic heterocycles. The second kappa shape index (κ2) is 8.08. The maximum Gasteiger partial charge on any atom is 0.118 e. The topological polar surface area (TPSA) is 21.3 Å². The molecule has 1 atom stereocenters. The smallest absolute Gasteiger partial charge is 0.118 e. The van der Waals surface area contributed by atoms with E-state index in [2.05, 4.69) is 41.9 Å². The fraction of sp³-hybridized carbons (Fsp3) is 0.412. The van der Waals surface area contributed by atoms with Crippen molar-refractivity contribution in [1.82, 2.24) is 5.32 Å². The molecule has 0 radical (unpaired) electrons. The maximum absolute atomic E-state index is 5.19. The minimum Gasteiger partial charge on any atom is -0.497 e. The molecule has 0 bridgehead atoms. The lowest BCUT2D eigenvalue weighted by molar-refractivity contribution is 0.414. The fourth-order valence-corrected chi connectivity index (χ4v) is 3.16. The molecule has 1 aromatic carbocycles. The summed E-state index contributed by atoms with van der Waals surface area (Å²) < 4.78 is 5.19. The van der Waals surface area contributed by atoms with Gasteiger partial charge in [0.1, 0.15) is 5.75 Å². The Kier molecular flexibility index (Phi) is 6.09. The van der Waals surface area contributed by atoms with Crippen molar-refractivity contribution in [3.05, 3.63) is 52.2 Å². The Morgan fingerprint density at radius 2 is 2.00 bits per heavy atom. The van der Waals surface area contributed by atoms with Crippen molar-refractivity contribution < 1.29 is 4.74 Å². The summed E-state index contributed by atoms with van der Waals surface area (Å²) in [6.07, 6.45) is 3.40. The third-order valence-electron chi connectivity index (χ3n) is 3.46. The van der Waals surface area contributed by atoms with Gasteiger partial charge in [-0.05, 0) is 54.9 Å². The molecule has 0 fully saturated rings. The van der Waals surface area contributed by atoms with Gasteiger partial charge in [0.15, 0.2) is 0 Å². The molecule has 0 aliphatic carbocycles. The van der Waals surface area contributed by atoms with Crippen LogP contribution in [0.4, 0.5) is 0 Å². The summed E-state index contributed by atoms with van der Waals surface area (Å²) in [6.45, 7) is 3.20. The van der Waals surface area contributed by atoms with E-state index in [-0.39, 0.29) is 0 Å². The molecule has 2 aromatic rings. The minimum atomic E-state index is 0.556. The number of likely N-dealkylation sites (N-methyl/N-ethyl adjacent to an activating group) is 1. The zero-order valence-corrected chi connectivity index (χ0v) is 13.1. The summed E-state index contributed by atoms with van der Waals surface area (Å²) in [5.74, 6) is 0.926. The molecule has 0 aliphatic rings. The van der Waals surface area contributed by atoms with Crippen LogP contribution >= 0.6 is 11.3 Å². The first-order chi connectivity index (χ1) is 9.81. The molecular formula is C17H23NOS. The summed E-state index contributed by atoms with van der Waals surface area (Å²) in [4.78, 5) is 1.46. The van der Waals surface area contributed by atoms with Crippen LogP contribution in [0, 0.1) is 0 Å². The standard InChI is InChI=1S/C17H23NOS/c1-3-18-15(13-17-5-4-12-20-17)9-6-14-7-10-16(19-2)11-8-14/h4-5,7-8,10-12,15,18H,3,6,9,13H2,1-2H3. The molecule has 0 amide bonds. The second-order valence-electron chi connectivity index (χ2n) is 4.92. The molecule has 0 saturated carbocycles. The fourth-order valence-electron chi connectivity index (χ4n) is 2.37. The Morgan fingerprint density at radius 3 is 2.60 bits per heavy atom. The summed E-state index contributed by atoms with van der Waals surface area (Å²) in [7, 11) is 1.71. The van der Waals surface area contributed by atoms with Gasteiger partial charge in [-0.15, -0.1) is 11.3 Å². The normalized spacial score (nSPS) is 12.3. The van der Waals surface area contributed by atoms with Gasteiger partial charge >= 0.3 is 0 Å². The summed E-state index contributed by atoms with van der Waals surface area (Å²) in [6, 6.07) is 13.3. The number of rotatable bonds is 8. The van der Waals surface area contributed by atoms with E-state index < -0.39 is 0 Å². The molecule has 1 heterocycles. The SMILES string of the molecule is CCNC(CCc1ccc(OC)cc1)Cc1cccs1. The highest BCUT2D eigenvalue weighted by molar-refractivity contribution is 7.09. The van der Waals surface area contributed by atoms with Crippen LogP contribution < -0.4 is 10.1 Å². The van der Waals surface area contributed by atoms with Gasteiger partial charge < -0.3 is 10.1 Å². The van der Waals surface area contributed by atoms with Crippen LogP contribution in [0.3, 0.4) is 0 Å². The highest BCUT2D eigenvalue weighted by Gasteiger charge is 2.09. The molecule has 2 rings (SSSR count). The number of thiophene rings is 1. The molecule has 3 heteroatoms. The molecule has 1 unspecified atom stereocenters. The Balaban J connectivity index is 1.87. The van der Waals surface area contributed by atoms with Gasteiger partial charge in [-0.25, -0.2) is 0 Å². The van der Waals surface area contributed by atoms with Crippen molar-refractivity contribution in [2.75, 3.05) is 13.7 Å². The van der Waals surface area contributed by atoms with Crippen LogP contribution in [-0.2, 0) is 12.8 Å². The molecule has 108 valence electrons. The lowest BCUT2D eigenvalue weighted by Crippen LogP contribution is -2.31. The number of aryl methyl sites for hydroxylation is 1. The first kappa shape index (κ1) is 15.1. The largest absolute Gasteiger partial charge is 0.497 e. The van der Waals surface area contributed by atoms with E-state index in [0.717, 1.165) is 31.6 Å². The van der Waals surface area contributed by atoms with Crippen molar-refractivity contribution >= 4 is 11.3 Å². The number of methoxy groups -OCH3 is 1. The molecule has 20 heavy (non-hydrogen) atoms. The lowest BCUT2D eigenvalue weighted by atomic mass is 10.0. The van der Waals surface area contributed by atoms with Crippen LogP contribution in [0.2, 0.25) is 0 Å². The quantitative estimate of drug-likeness (QED) is 0.795. The Morgan fingerprint density at radius 1 is 1.20 bits per heavy atom. The molecular weight excluding hydrogens is 266 g/mol. The Bertz CT molecular complexity index is 478.